The second-order valence-corrected chi connectivity index (χ2v) is 9.28. The molecular weight excluding hydrogens is 432 g/mol. The molecule has 0 radical (unpaired) electrons. The standard InChI is InChI=1S/C20H26N8OS2/c1-13-15(12-30-20-26-16(21)11-17(22)27-20)25-19(31-13)14-2-3-24-18(10-14)29-9-8-28-6-4-23-5-7-28/h2-3,10-11,23H,4-9,12H2,1H3,(H4,21,22,26,27). The monoisotopic (exact) mass is 458 g/mol. The predicted molar refractivity (Wildman–Crippen MR) is 125 cm³/mol. The van der Waals surface area contributed by atoms with Crippen LogP contribution < -0.4 is 21.5 Å². The lowest BCUT2D eigenvalue weighted by Crippen LogP contribution is -2.44. The fraction of sp³-hybridized carbons (Fsp3) is 0.400. The van der Waals surface area contributed by atoms with Crippen molar-refractivity contribution in [3.8, 4) is 16.5 Å². The van der Waals surface area contributed by atoms with Crippen LogP contribution in [0.4, 0.5) is 11.6 Å². The van der Waals surface area contributed by atoms with Crippen LogP contribution in [0, 0.1) is 6.92 Å². The van der Waals surface area contributed by atoms with E-state index in [9.17, 15) is 0 Å². The van der Waals surface area contributed by atoms with Gasteiger partial charge in [0.05, 0.1) is 5.69 Å². The molecule has 1 aliphatic heterocycles. The van der Waals surface area contributed by atoms with Gasteiger partial charge in [0.2, 0.25) is 5.88 Å². The third-order valence-electron chi connectivity index (χ3n) is 4.82. The number of nitrogens with zero attached hydrogens (tertiary/aromatic N) is 5. The zero-order chi connectivity index (χ0) is 21.6. The summed E-state index contributed by atoms with van der Waals surface area (Å²) < 4.78 is 5.90. The maximum Gasteiger partial charge on any atom is 0.213 e. The van der Waals surface area contributed by atoms with Crippen molar-refractivity contribution in [1.29, 1.82) is 0 Å². The summed E-state index contributed by atoms with van der Waals surface area (Å²) in [4.78, 5) is 21.1. The molecule has 0 bridgehead atoms. The average Bonchev–Trinajstić information content (AvgIpc) is 3.13. The Morgan fingerprint density at radius 3 is 2.71 bits per heavy atom. The van der Waals surface area contributed by atoms with Crippen LogP contribution in [-0.2, 0) is 5.75 Å². The molecule has 1 aliphatic rings. The van der Waals surface area contributed by atoms with E-state index in [4.69, 9.17) is 21.2 Å². The van der Waals surface area contributed by atoms with Crippen LogP contribution in [-0.4, -0.2) is 64.2 Å². The maximum absolute atomic E-state index is 5.90. The Labute approximate surface area is 189 Å². The lowest BCUT2D eigenvalue weighted by molar-refractivity contribution is 0.188. The van der Waals surface area contributed by atoms with Crippen LogP contribution >= 0.6 is 23.1 Å². The Kier molecular flexibility index (Phi) is 7.17. The van der Waals surface area contributed by atoms with E-state index >= 15 is 0 Å². The first-order chi connectivity index (χ1) is 15.1. The molecule has 0 spiro atoms. The molecule has 0 atom stereocenters. The van der Waals surface area contributed by atoms with Crippen LogP contribution in [0.3, 0.4) is 0 Å². The summed E-state index contributed by atoms with van der Waals surface area (Å²) in [6.45, 7) is 7.79. The van der Waals surface area contributed by atoms with E-state index in [1.807, 2.05) is 12.1 Å². The van der Waals surface area contributed by atoms with Crippen LogP contribution in [0.1, 0.15) is 10.6 Å². The van der Waals surface area contributed by atoms with E-state index in [2.05, 4.69) is 32.1 Å². The molecule has 0 aromatic carbocycles. The average molecular weight is 459 g/mol. The van der Waals surface area contributed by atoms with Gasteiger partial charge in [-0.1, -0.05) is 11.8 Å². The van der Waals surface area contributed by atoms with E-state index in [1.165, 1.54) is 11.8 Å². The molecule has 1 saturated heterocycles. The minimum Gasteiger partial charge on any atom is -0.476 e. The normalized spacial score (nSPS) is 14.6. The minimum atomic E-state index is 0.368. The van der Waals surface area contributed by atoms with Crippen molar-refractivity contribution >= 4 is 34.7 Å². The van der Waals surface area contributed by atoms with Gasteiger partial charge in [-0.2, -0.15) is 0 Å². The molecule has 4 rings (SSSR count). The van der Waals surface area contributed by atoms with E-state index in [1.54, 1.807) is 23.6 Å². The number of thiazole rings is 1. The minimum absolute atomic E-state index is 0.368. The molecule has 5 N–H and O–H groups in total. The van der Waals surface area contributed by atoms with Crippen molar-refractivity contribution in [2.45, 2.75) is 17.8 Å². The molecule has 3 aromatic rings. The van der Waals surface area contributed by atoms with E-state index in [0.29, 0.717) is 35.0 Å². The lowest BCUT2D eigenvalue weighted by Gasteiger charge is -2.26. The number of hydrogen-bond acceptors (Lipinski definition) is 11. The Balaban J connectivity index is 1.37. The summed E-state index contributed by atoms with van der Waals surface area (Å²) in [6, 6.07) is 5.46. The largest absolute Gasteiger partial charge is 0.476 e. The molecule has 4 heterocycles. The fourth-order valence-electron chi connectivity index (χ4n) is 3.18. The van der Waals surface area contributed by atoms with Crippen LogP contribution in [0.5, 0.6) is 5.88 Å². The second kappa shape index (κ2) is 10.2. The van der Waals surface area contributed by atoms with Gasteiger partial charge in [-0.25, -0.2) is 19.9 Å². The second-order valence-electron chi connectivity index (χ2n) is 7.13. The first-order valence-electron chi connectivity index (χ1n) is 10.1. The quantitative estimate of drug-likeness (QED) is 0.341. The highest BCUT2D eigenvalue weighted by molar-refractivity contribution is 7.98. The zero-order valence-corrected chi connectivity index (χ0v) is 19.0. The van der Waals surface area contributed by atoms with Crippen molar-refractivity contribution in [3.05, 3.63) is 35.0 Å². The van der Waals surface area contributed by atoms with Gasteiger partial charge in [0.15, 0.2) is 5.16 Å². The Morgan fingerprint density at radius 2 is 1.94 bits per heavy atom. The van der Waals surface area contributed by atoms with Crippen LogP contribution in [0.15, 0.2) is 29.6 Å². The predicted octanol–water partition coefficient (Wildman–Crippen LogP) is 2.04. The number of rotatable bonds is 8. The fourth-order valence-corrected chi connectivity index (χ4v) is 5.08. The number of piperazine rings is 1. The molecule has 0 amide bonds. The first-order valence-corrected chi connectivity index (χ1v) is 11.9. The number of ether oxygens (including phenoxy) is 1. The number of aromatic nitrogens is 4. The van der Waals surface area contributed by atoms with Crippen molar-refractivity contribution in [2.75, 3.05) is 50.8 Å². The summed E-state index contributed by atoms with van der Waals surface area (Å²) in [7, 11) is 0. The molecule has 3 aromatic heterocycles. The number of nitrogen functional groups attached to an aromatic ring is 2. The number of anilines is 2. The Hall–Kier alpha value is -2.47. The van der Waals surface area contributed by atoms with Crippen molar-refractivity contribution < 1.29 is 4.74 Å². The molecule has 0 aliphatic carbocycles. The highest BCUT2D eigenvalue weighted by Gasteiger charge is 2.13. The van der Waals surface area contributed by atoms with Gasteiger partial charge in [0.1, 0.15) is 23.3 Å². The summed E-state index contributed by atoms with van der Waals surface area (Å²) in [5.74, 6) is 2.00. The zero-order valence-electron chi connectivity index (χ0n) is 17.4. The number of aryl methyl sites for hydroxylation is 1. The number of thioether (sulfide) groups is 1. The molecule has 11 heteroatoms. The summed E-state index contributed by atoms with van der Waals surface area (Å²) in [6.07, 6.45) is 1.77. The smallest absolute Gasteiger partial charge is 0.213 e. The molecule has 1 fully saturated rings. The summed E-state index contributed by atoms with van der Waals surface area (Å²) >= 11 is 3.12. The van der Waals surface area contributed by atoms with E-state index in [-0.39, 0.29) is 0 Å². The van der Waals surface area contributed by atoms with Crippen LogP contribution in [0.25, 0.3) is 10.6 Å². The van der Waals surface area contributed by atoms with Gasteiger partial charge < -0.3 is 21.5 Å². The van der Waals surface area contributed by atoms with Gasteiger partial charge in [-0.15, -0.1) is 11.3 Å². The van der Waals surface area contributed by atoms with E-state index in [0.717, 1.165) is 53.9 Å². The number of nitrogens with one attached hydrogen (secondary N) is 1. The first kappa shape index (κ1) is 21.8. The highest BCUT2D eigenvalue weighted by Crippen LogP contribution is 2.32. The topological polar surface area (TPSA) is 128 Å². The van der Waals surface area contributed by atoms with Crippen LogP contribution in [0.2, 0.25) is 0 Å². The van der Waals surface area contributed by atoms with Gasteiger partial charge >= 0.3 is 0 Å². The molecular formula is C20H26N8OS2. The van der Waals surface area contributed by atoms with Gasteiger partial charge in [0, 0.05) is 67.2 Å². The number of pyridine rings is 1. The van der Waals surface area contributed by atoms with Gasteiger partial charge in [-0.05, 0) is 13.0 Å². The number of hydrogen-bond donors (Lipinski definition) is 3. The van der Waals surface area contributed by atoms with Gasteiger partial charge in [0.25, 0.3) is 0 Å². The van der Waals surface area contributed by atoms with Crippen molar-refractivity contribution in [3.63, 3.8) is 0 Å². The maximum atomic E-state index is 5.90. The van der Waals surface area contributed by atoms with Gasteiger partial charge in [-0.3, -0.25) is 4.90 Å². The third kappa shape index (κ3) is 6.03. The summed E-state index contributed by atoms with van der Waals surface area (Å²) in [5, 5.41) is 4.85. The molecule has 164 valence electrons. The lowest BCUT2D eigenvalue weighted by atomic mass is 10.3. The molecule has 0 saturated carbocycles. The molecule has 9 nitrogen and oxygen atoms in total. The third-order valence-corrected chi connectivity index (χ3v) is 6.75. The van der Waals surface area contributed by atoms with Crippen molar-refractivity contribution in [1.82, 2.24) is 30.2 Å². The highest BCUT2D eigenvalue weighted by atomic mass is 32.2. The molecule has 31 heavy (non-hydrogen) atoms. The van der Waals surface area contributed by atoms with E-state index < -0.39 is 0 Å². The SMILES string of the molecule is Cc1sc(-c2ccnc(OCCN3CCNCC3)c2)nc1CSc1nc(N)cc(N)n1. The Morgan fingerprint density at radius 1 is 1.16 bits per heavy atom. The molecule has 0 unspecified atom stereocenters. The Bertz CT molecular complexity index is 1000. The van der Waals surface area contributed by atoms with Crippen molar-refractivity contribution in [2.24, 2.45) is 0 Å². The summed E-state index contributed by atoms with van der Waals surface area (Å²) in [5.41, 5.74) is 13.5. The number of nitrogens with two attached hydrogens (primary N) is 2.